The molecule has 3 nitrogen and oxygen atoms in total. The fraction of sp³-hybridized carbons (Fsp3) is 0.917. The Labute approximate surface area is 105 Å². The lowest BCUT2D eigenvalue weighted by atomic mass is 10.1. The van der Waals surface area contributed by atoms with Gasteiger partial charge in [0, 0.05) is 31.6 Å². The molecule has 2 unspecified atom stereocenters. The third-order valence-corrected chi connectivity index (χ3v) is 3.35. The van der Waals surface area contributed by atoms with Crippen molar-refractivity contribution < 1.29 is 4.79 Å². The summed E-state index contributed by atoms with van der Waals surface area (Å²) in [4.78, 5) is 14.0. The van der Waals surface area contributed by atoms with Crippen LogP contribution in [0.3, 0.4) is 0 Å². The minimum atomic E-state index is 0. The van der Waals surface area contributed by atoms with Gasteiger partial charge in [-0.05, 0) is 20.3 Å². The largest absolute Gasteiger partial charge is 0.337 e. The van der Waals surface area contributed by atoms with Crippen LogP contribution in [0, 0.1) is 0 Å². The Bertz CT molecular complexity index is 211. The highest BCUT2D eigenvalue weighted by Crippen LogP contribution is 2.12. The number of nitrogens with zero attached hydrogens (tertiary/aromatic N) is 1. The highest BCUT2D eigenvalue weighted by atomic mass is 35.5. The molecular weight excluding hydrogens is 224 g/mol. The molecule has 0 aromatic heterocycles. The first-order chi connectivity index (χ1) is 7.16. The number of piperazine rings is 1. The minimum absolute atomic E-state index is 0. The van der Waals surface area contributed by atoms with Gasteiger partial charge in [0.1, 0.15) is 0 Å². The van der Waals surface area contributed by atoms with Gasteiger partial charge >= 0.3 is 0 Å². The van der Waals surface area contributed by atoms with Gasteiger partial charge in [-0.2, -0.15) is 0 Å². The van der Waals surface area contributed by atoms with Crippen LogP contribution in [0.1, 0.15) is 46.5 Å². The van der Waals surface area contributed by atoms with Gasteiger partial charge in [0.05, 0.1) is 0 Å². The zero-order valence-electron chi connectivity index (χ0n) is 10.7. The predicted octanol–water partition coefficient (Wildman–Crippen LogP) is 2.20. The Balaban J connectivity index is 0.00000225. The molecule has 1 aliphatic heterocycles. The SMILES string of the molecule is CCCCCC(=O)N1CCNC(C)C1C.Cl. The maximum absolute atomic E-state index is 11.9. The second kappa shape index (κ2) is 7.91. The minimum Gasteiger partial charge on any atom is -0.337 e. The van der Waals surface area contributed by atoms with Crippen molar-refractivity contribution in [3.63, 3.8) is 0 Å². The van der Waals surface area contributed by atoms with E-state index in [0.29, 0.717) is 18.0 Å². The summed E-state index contributed by atoms with van der Waals surface area (Å²) in [6.45, 7) is 8.26. The summed E-state index contributed by atoms with van der Waals surface area (Å²) in [5, 5.41) is 3.39. The summed E-state index contributed by atoms with van der Waals surface area (Å²) in [5.74, 6) is 0.337. The molecule has 0 radical (unpaired) electrons. The summed E-state index contributed by atoms with van der Waals surface area (Å²) >= 11 is 0. The lowest BCUT2D eigenvalue weighted by Crippen LogP contribution is -2.57. The van der Waals surface area contributed by atoms with Crippen LogP contribution in [0.4, 0.5) is 0 Å². The molecule has 16 heavy (non-hydrogen) atoms. The lowest BCUT2D eigenvalue weighted by Gasteiger charge is -2.38. The van der Waals surface area contributed by atoms with E-state index in [-0.39, 0.29) is 12.4 Å². The van der Waals surface area contributed by atoms with Crippen LogP contribution in [0.25, 0.3) is 0 Å². The van der Waals surface area contributed by atoms with Crippen molar-refractivity contribution in [2.75, 3.05) is 13.1 Å². The van der Waals surface area contributed by atoms with Gasteiger partial charge in [0.25, 0.3) is 0 Å². The molecule has 0 aromatic rings. The molecule has 1 heterocycles. The third-order valence-electron chi connectivity index (χ3n) is 3.35. The fourth-order valence-corrected chi connectivity index (χ4v) is 2.08. The Morgan fingerprint density at radius 1 is 1.38 bits per heavy atom. The van der Waals surface area contributed by atoms with Crippen LogP contribution in [0.5, 0.6) is 0 Å². The summed E-state index contributed by atoms with van der Waals surface area (Å²) in [7, 11) is 0. The summed E-state index contributed by atoms with van der Waals surface area (Å²) in [6, 6.07) is 0.766. The van der Waals surface area contributed by atoms with Gasteiger partial charge in [-0.1, -0.05) is 19.8 Å². The molecule has 1 saturated heterocycles. The van der Waals surface area contributed by atoms with Crippen molar-refractivity contribution >= 4 is 18.3 Å². The molecule has 4 heteroatoms. The topological polar surface area (TPSA) is 32.3 Å². The van der Waals surface area contributed by atoms with Crippen LogP contribution in [-0.4, -0.2) is 36.0 Å². The fourth-order valence-electron chi connectivity index (χ4n) is 2.08. The summed E-state index contributed by atoms with van der Waals surface area (Å²) in [6.07, 6.45) is 4.12. The van der Waals surface area contributed by atoms with Crippen molar-refractivity contribution in [2.24, 2.45) is 0 Å². The quantitative estimate of drug-likeness (QED) is 0.774. The van der Waals surface area contributed by atoms with Gasteiger partial charge < -0.3 is 10.2 Å². The molecule has 0 spiro atoms. The number of nitrogens with one attached hydrogen (secondary N) is 1. The second-order valence-electron chi connectivity index (χ2n) is 4.53. The van der Waals surface area contributed by atoms with Crippen molar-refractivity contribution in [3.05, 3.63) is 0 Å². The average molecular weight is 249 g/mol. The smallest absolute Gasteiger partial charge is 0.222 e. The maximum Gasteiger partial charge on any atom is 0.222 e. The van der Waals surface area contributed by atoms with Crippen LogP contribution in [0.2, 0.25) is 0 Å². The molecule has 0 aromatic carbocycles. The maximum atomic E-state index is 11.9. The van der Waals surface area contributed by atoms with E-state index in [2.05, 4.69) is 26.1 Å². The van der Waals surface area contributed by atoms with Crippen LogP contribution >= 0.6 is 12.4 Å². The Morgan fingerprint density at radius 2 is 2.06 bits per heavy atom. The van der Waals surface area contributed by atoms with Crippen LogP contribution in [-0.2, 0) is 4.79 Å². The molecular formula is C12H25ClN2O. The number of rotatable bonds is 4. The number of hydrogen-bond acceptors (Lipinski definition) is 2. The van der Waals surface area contributed by atoms with Gasteiger partial charge in [0.15, 0.2) is 0 Å². The van der Waals surface area contributed by atoms with Crippen molar-refractivity contribution in [2.45, 2.75) is 58.5 Å². The molecule has 96 valence electrons. The van der Waals surface area contributed by atoms with Gasteiger partial charge in [-0.15, -0.1) is 12.4 Å². The number of carbonyl (C=O) groups excluding carboxylic acids is 1. The number of hydrogen-bond donors (Lipinski definition) is 1. The predicted molar refractivity (Wildman–Crippen MR) is 70.0 cm³/mol. The molecule has 1 N–H and O–H groups in total. The number of carbonyl (C=O) groups is 1. The van der Waals surface area contributed by atoms with Crippen LogP contribution in [0.15, 0.2) is 0 Å². The lowest BCUT2D eigenvalue weighted by molar-refractivity contribution is -0.135. The zero-order chi connectivity index (χ0) is 11.3. The molecule has 0 bridgehead atoms. The Hall–Kier alpha value is -0.280. The van der Waals surface area contributed by atoms with E-state index in [1.807, 2.05) is 4.90 Å². The second-order valence-corrected chi connectivity index (χ2v) is 4.53. The highest BCUT2D eigenvalue weighted by Gasteiger charge is 2.27. The zero-order valence-corrected chi connectivity index (χ0v) is 11.5. The van der Waals surface area contributed by atoms with Gasteiger partial charge in [0.2, 0.25) is 5.91 Å². The first-order valence-corrected chi connectivity index (χ1v) is 6.19. The van der Waals surface area contributed by atoms with E-state index in [1.165, 1.54) is 12.8 Å². The summed E-state index contributed by atoms with van der Waals surface area (Å²) < 4.78 is 0. The monoisotopic (exact) mass is 248 g/mol. The van der Waals surface area contributed by atoms with Crippen molar-refractivity contribution in [1.82, 2.24) is 10.2 Å². The van der Waals surface area contributed by atoms with E-state index in [1.54, 1.807) is 0 Å². The van der Waals surface area contributed by atoms with E-state index in [4.69, 9.17) is 0 Å². The standard InChI is InChI=1S/C12H24N2O.ClH/c1-4-5-6-7-12(15)14-9-8-13-10(2)11(14)3;/h10-11,13H,4-9H2,1-3H3;1H. The van der Waals surface area contributed by atoms with E-state index in [0.717, 1.165) is 25.9 Å². The molecule has 1 rings (SSSR count). The Kier molecular flexibility index (Phi) is 7.77. The molecule has 1 amide bonds. The van der Waals surface area contributed by atoms with Crippen molar-refractivity contribution in [3.8, 4) is 0 Å². The normalized spacial score (nSPS) is 25.1. The Morgan fingerprint density at radius 3 is 2.69 bits per heavy atom. The van der Waals surface area contributed by atoms with E-state index in [9.17, 15) is 4.79 Å². The molecule has 0 aliphatic carbocycles. The van der Waals surface area contributed by atoms with Gasteiger partial charge in [-0.3, -0.25) is 4.79 Å². The van der Waals surface area contributed by atoms with E-state index < -0.39 is 0 Å². The molecule has 1 fully saturated rings. The summed E-state index contributed by atoms with van der Waals surface area (Å²) in [5.41, 5.74) is 0. The first-order valence-electron chi connectivity index (χ1n) is 6.19. The van der Waals surface area contributed by atoms with Gasteiger partial charge in [-0.25, -0.2) is 0 Å². The molecule has 1 aliphatic rings. The number of amides is 1. The first kappa shape index (κ1) is 15.7. The highest BCUT2D eigenvalue weighted by molar-refractivity contribution is 5.85. The molecule has 0 saturated carbocycles. The number of halogens is 1. The van der Waals surface area contributed by atoms with Crippen LogP contribution < -0.4 is 5.32 Å². The number of unbranched alkanes of at least 4 members (excludes halogenated alkanes) is 2. The third kappa shape index (κ3) is 4.30. The van der Waals surface area contributed by atoms with E-state index >= 15 is 0 Å². The average Bonchev–Trinajstić information content (AvgIpc) is 2.22. The molecule has 2 atom stereocenters. The van der Waals surface area contributed by atoms with Crippen molar-refractivity contribution in [1.29, 1.82) is 0 Å².